The van der Waals surface area contributed by atoms with E-state index in [1.165, 1.54) is 10.4 Å². The molecule has 162 valence electrons. The number of benzene rings is 2. The molecule has 1 saturated heterocycles. The molecule has 1 fully saturated rings. The topological polar surface area (TPSA) is 75.7 Å². The van der Waals surface area contributed by atoms with Gasteiger partial charge in [-0.25, -0.2) is 8.42 Å². The van der Waals surface area contributed by atoms with Gasteiger partial charge in [0, 0.05) is 23.7 Å². The number of nitrogens with zero attached hydrogens (tertiary/aromatic N) is 1. The summed E-state index contributed by atoms with van der Waals surface area (Å²) in [6.45, 7) is 5.31. The van der Waals surface area contributed by atoms with Crippen LogP contribution in [0.15, 0.2) is 41.3 Å². The van der Waals surface area contributed by atoms with Gasteiger partial charge in [0.05, 0.1) is 11.4 Å². The van der Waals surface area contributed by atoms with E-state index in [9.17, 15) is 13.2 Å². The van der Waals surface area contributed by atoms with Gasteiger partial charge in [-0.3, -0.25) is 4.79 Å². The summed E-state index contributed by atoms with van der Waals surface area (Å²) in [6, 6.07) is 10.1. The van der Waals surface area contributed by atoms with E-state index in [0.29, 0.717) is 29.4 Å². The molecule has 1 amide bonds. The summed E-state index contributed by atoms with van der Waals surface area (Å²) in [5.74, 6) is 0.305. The molecule has 1 aliphatic heterocycles. The molecule has 1 heterocycles. The van der Waals surface area contributed by atoms with Crippen LogP contribution in [0.2, 0.25) is 5.02 Å². The quantitative estimate of drug-likeness (QED) is 0.648. The second kappa shape index (κ2) is 9.81. The number of hydrogen-bond acceptors (Lipinski definition) is 4. The third-order valence-corrected chi connectivity index (χ3v) is 7.51. The highest BCUT2D eigenvalue weighted by molar-refractivity contribution is 7.89. The number of nitrogens with one attached hydrogen (secondary N) is 1. The Hall–Kier alpha value is -2.09. The fourth-order valence-corrected chi connectivity index (χ4v) is 5.07. The predicted octanol–water partition coefficient (Wildman–Crippen LogP) is 3.94. The smallest absolute Gasteiger partial charge is 0.251 e. The fourth-order valence-electron chi connectivity index (χ4n) is 3.35. The van der Waals surface area contributed by atoms with Gasteiger partial charge >= 0.3 is 0 Å². The lowest BCUT2D eigenvalue weighted by Gasteiger charge is -2.26. The zero-order chi connectivity index (χ0) is 21.7. The Kier molecular flexibility index (Phi) is 7.39. The summed E-state index contributed by atoms with van der Waals surface area (Å²) in [5, 5.41) is 3.41. The first-order valence-electron chi connectivity index (χ1n) is 10.1. The Morgan fingerprint density at radius 2 is 1.77 bits per heavy atom. The number of halogens is 1. The molecule has 0 saturated carbocycles. The van der Waals surface area contributed by atoms with Crippen molar-refractivity contribution >= 4 is 27.5 Å². The van der Waals surface area contributed by atoms with Crippen LogP contribution in [-0.2, 0) is 10.0 Å². The van der Waals surface area contributed by atoms with Crippen LogP contribution in [0.4, 0.5) is 0 Å². The van der Waals surface area contributed by atoms with E-state index in [-0.39, 0.29) is 24.0 Å². The van der Waals surface area contributed by atoms with Crippen molar-refractivity contribution in [3.05, 3.63) is 58.1 Å². The molecule has 1 N–H and O–H groups in total. The Labute approximate surface area is 183 Å². The van der Waals surface area contributed by atoms with Gasteiger partial charge in [0.2, 0.25) is 10.0 Å². The van der Waals surface area contributed by atoms with E-state index in [4.69, 9.17) is 16.3 Å². The van der Waals surface area contributed by atoms with Crippen LogP contribution in [0.3, 0.4) is 0 Å². The lowest BCUT2D eigenvalue weighted by molar-refractivity contribution is 0.0946. The Balaban J connectivity index is 1.62. The second-order valence-electron chi connectivity index (χ2n) is 7.46. The summed E-state index contributed by atoms with van der Waals surface area (Å²) in [6.07, 6.45) is 2.78. The number of hydrogen-bond donors (Lipinski definition) is 1. The van der Waals surface area contributed by atoms with Crippen LogP contribution in [0.5, 0.6) is 5.75 Å². The number of sulfonamides is 1. The molecule has 0 aromatic heterocycles. The minimum Gasteiger partial charge on any atom is -0.492 e. The van der Waals surface area contributed by atoms with Crippen molar-refractivity contribution in [3.8, 4) is 5.75 Å². The molecule has 0 unspecified atom stereocenters. The molecular formula is C22H27ClN2O4S. The number of amides is 1. The number of aryl methyl sites for hydroxylation is 2. The van der Waals surface area contributed by atoms with Crippen molar-refractivity contribution in [2.75, 3.05) is 26.2 Å². The average molecular weight is 451 g/mol. The molecule has 0 aliphatic carbocycles. The van der Waals surface area contributed by atoms with Crippen molar-refractivity contribution in [1.29, 1.82) is 0 Å². The van der Waals surface area contributed by atoms with Crippen LogP contribution in [0, 0.1) is 13.8 Å². The zero-order valence-corrected chi connectivity index (χ0v) is 18.9. The van der Waals surface area contributed by atoms with Crippen molar-refractivity contribution < 1.29 is 17.9 Å². The molecule has 1 aliphatic rings. The van der Waals surface area contributed by atoms with E-state index in [0.717, 1.165) is 30.4 Å². The summed E-state index contributed by atoms with van der Waals surface area (Å²) in [4.78, 5) is 12.8. The SMILES string of the molecule is Cc1ccc(OCCNC(=O)c2cc(S(=O)(=O)N3CCCCC3)ccc2C)cc1Cl. The summed E-state index contributed by atoms with van der Waals surface area (Å²) in [5.41, 5.74) is 2.04. The van der Waals surface area contributed by atoms with Crippen molar-refractivity contribution in [1.82, 2.24) is 9.62 Å². The predicted molar refractivity (Wildman–Crippen MR) is 118 cm³/mol. The number of carbonyl (C=O) groups excluding carboxylic acids is 1. The molecule has 0 radical (unpaired) electrons. The van der Waals surface area contributed by atoms with E-state index in [1.807, 2.05) is 19.1 Å². The van der Waals surface area contributed by atoms with Crippen LogP contribution in [-0.4, -0.2) is 44.9 Å². The first-order chi connectivity index (χ1) is 14.3. The maximum atomic E-state index is 12.9. The first kappa shape index (κ1) is 22.6. The van der Waals surface area contributed by atoms with E-state index < -0.39 is 10.0 Å². The molecule has 2 aromatic carbocycles. The largest absolute Gasteiger partial charge is 0.492 e. The Bertz CT molecular complexity index is 1020. The van der Waals surface area contributed by atoms with Gasteiger partial charge in [-0.15, -0.1) is 0 Å². The monoisotopic (exact) mass is 450 g/mol. The van der Waals surface area contributed by atoms with Crippen molar-refractivity contribution in [3.63, 3.8) is 0 Å². The zero-order valence-electron chi connectivity index (χ0n) is 17.3. The first-order valence-corrected chi connectivity index (χ1v) is 11.9. The highest BCUT2D eigenvalue weighted by Crippen LogP contribution is 2.23. The molecule has 6 nitrogen and oxygen atoms in total. The third kappa shape index (κ3) is 5.33. The Morgan fingerprint density at radius 1 is 1.07 bits per heavy atom. The van der Waals surface area contributed by atoms with Gasteiger partial charge < -0.3 is 10.1 Å². The van der Waals surface area contributed by atoms with Gasteiger partial charge in [-0.2, -0.15) is 4.31 Å². The molecule has 0 atom stereocenters. The van der Waals surface area contributed by atoms with Gasteiger partial charge in [0.1, 0.15) is 12.4 Å². The molecule has 30 heavy (non-hydrogen) atoms. The van der Waals surface area contributed by atoms with Gasteiger partial charge in [0.15, 0.2) is 0 Å². The highest BCUT2D eigenvalue weighted by atomic mass is 35.5. The second-order valence-corrected chi connectivity index (χ2v) is 9.80. The van der Waals surface area contributed by atoms with E-state index in [2.05, 4.69) is 5.32 Å². The fraction of sp³-hybridized carbons (Fsp3) is 0.409. The maximum absolute atomic E-state index is 12.9. The summed E-state index contributed by atoms with van der Waals surface area (Å²) in [7, 11) is -3.59. The Morgan fingerprint density at radius 3 is 2.47 bits per heavy atom. The van der Waals surface area contributed by atoms with Crippen LogP contribution in [0.1, 0.15) is 40.7 Å². The highest BCUT2D eigenvalue weighted by Gasteiger charge is 2.27. The molecule has 0 spiro atoms. The van der Waals surface area contributed by atoms with Crippen LogP contribution >= 0.6 is 11.6 Å². The van der Waals surface area contributed by atoms with Crippen LogP contribution < -0.4 is 10.1 Å². The minimum atomic E-state index is -3.59. The lowest BCUT2D eigenvalue weighted by atomic mass is 10.1. The number of rotatable bonds is 7. The minimum absolute atomic E-state index is 0.158. The number of piperidine rings is 1. The van der Waals surface area contributed by atoms with E-state index >= 15 is 0 Å². The van der Waals surface area contributed by atoms with Crippen molar-refractivity contribution in [2.24, 2.45) is 0 Å². The standard InChI is InChI=1S/C22H27ClN2O4S/c1-16-7-9-19(30(27,28)25-11-4-3-5-12-25)15-20(16)22(26)24-10-13-29-18-8-6-17(2)21(23)14-18/h6-9,14-15H,3-5,10-13H2,1-2H3,(H,24,26). The number of carbonyl (C=O) groups is 1. The van der Waals surface area contributed by atoms with Crippen molar-refractivity contribution in [2.45, 2.75) is 38.0 Å². The molecule has 3 rings (SSSR count). The summed E-state index contributed by atoms with van der Waals surface area (Å²) < 4.78 is 32.9. The van der Waals surface area contributed by atoms with Crippen LogP contribution in [0.25, 0.3) is 0 Å². The van der Waals surface area contributed by atoms with Gasteiger partial charge in [-0.05, 0) is 62.1 Å². The van der Waals surface area contributed by atoms with Gasteiger partial charge in [-0.1, -0.05) is 30.2 Å². The molecule has 0 bridgehead atoms. The average Bonchev–Trinajstić information content (AvgIpc) is 2.74. The number of ether oxygens (including phenoxy) is 1. The maximum Gasteiger partial charge on any atom is 0.251 e. The van der Waals surface area contributed by atoms with E-state index in [1.54, 1.807) is 25.1 Å². The normalized spacial score (nSPS) is 15.0. The lowest BCUT2D eigenvalue weighted by Crippen LogP contribution is -2.36. The molecule has 2 aromatic rings. The third-order valence-electron chi connectivity index (χ3n) is 5.21. The summed E-state index contributed by atoms with van der Waals surface area (Å²) >= 11 is 6.08. The molecular weight excluding hydrogens is 424 g/mol. The molecule has 8 heteroatoms. The van der Waals surface area contributed by atoms with Gasteiger partial charge in [0.25, 0.3) is 5.91 Å².